The Morgan fingerprint density at radius 1 is 0.786 bits per heavy atom. The van der Waals surface area contributed by atoms with Crippen LogP contribution in [0.4, 0.5) is 0 Å². The molecule has 0 spiro atoms. The first kappa shape index (κ1) is 16.9. The van der Waals surface area contributed by atoms with Crippen molar-refractivity contribution in [2.75, 3.05) is 27.2 Å². The van der Waals surface area contributed by atoms with Crippen LogP contribution in [0.25, 0.3) is 0 Å². The van der Waals surface area contributed by atoms with Crippen molar-refractivity contribution < 1.29 is 21.5 Å². The quantitative estimate of drug-likeness (QED) is 0.442. The highest BCUT2D eigenvalue weighted by molar-refractivity contribution is 4.43. The van der Waals surface area contributed by atoms with E-state index in [2.05, 4.69) is 27.9 Å². The summed E-state index contributed by atoms with van der Waals surface area (Å²) in [5.74, 6) is 0. The predicted molar refractivity (Wildman–Crippen MR) is 60.9 cm³/mol. The van der Waals surface area contributed by atoms with Crippen LogP contribution < -0.4 is 17.0 Å². The molecule has 0 aliphatic carbocycles. The minimum atomic E-state index is 0. The molecule has 0 aliphatic heterocycles. The molecule has 1 nitrogen and oxygen atoms in total. The average molecular weight is 266 g/mol. The van der Waals surface area contributed by atoms with E-state index in [1.54, 1.807) is 0 Å². The lowest BCUT2D eigenvalue weighted by atomic mass is 10.1. The number of nitrogens with zero attached hydrogens (tertiary/aromatic N) is 1. The van der Waals surface area contributed by atoms with Crippen molar-refractivity contribution in [3.63, 3.8) is 0 Å². The fourth-order valence-corrected chi connectivity index (χ4v) is 1.48. The minimum Gasteiger partial charge on any atom is -1.00 e. The van der Waals surface area contributed by atoms with Crippen LogP contribution in [0.5, 0.6) is 0 Å². The van der Waals surface area contributed by atoms with E-state index in [1.165, 1.54) is 56.1 Å². The fraction of sp³-hybridized carbons (Fsp3) is 1.00. The van der Waals surface area contributed by atoms with Crippen LogP contribution in [0.1, 0.15) is 52.4 Å². The summed E-state index contributed by atoms with van der Waals surface area (Å²) in [5.41, 5.74) is 0. The molecule has 0 atom stereocenters. The summed E-state index contributed by atoms with van der Waals surface area (Å²) in [5, 5.41) is 0. The summed E-state index contributed by atoms with van der Waals surface area (Å²) in [6.07, 6.45) is 8.50. The molecular formula is C12H28BrN. The van der Waals surface area contributed by atoms with E-state index in [9.17, 15) is 0 Å². The highest BCUT2D eigenvalue weighted by Crippen LogP contribution is 2.07. The summed E-state index contributed by atoms with van der Waals surface area (Å²) in [6.45, 7) is 7.16. The zero-order chi connectivity index (χ0) is 10.2. The maximum absolute atomic E-state index is 2.33. The summed E-state index contributed by atoms with van der Waals surface area (Å²) >= 11 is 0. The largest absolute Gasteiger partial charge is 1.00 e. The first-order valence-corrected chi connectivity index (χ1v) is 5.94. The Morgan fingerprint density at radius 2 is 1.29 bits per heavy atom. The SMILES string of the molecule is CCCCCCCC[N+](C)(C)CC.[Br-]. The van der Waals surface area contributed by atoms with Crippen LogP contribution in [-0.4, -0.2) is 31.7 Å². The van der Waals surface area contributed by atoms with Gasteiger partial charge in [0.1, 0.15) is 0 Å². The number of quaternary nitrogens is 1. The van der Waals surface area contributed by atoms with Crippen LogP contribution in [0.15, 0.2) is 0 Å². The maximum Gasteiger partial charge on any atom is 0.0782 e. The molecule has 0 saturated heterocycles. The van der Waals surface area contributed by atoms with Crippen molar-refractivity contribution in [1.29, 1.82) is 0 Å². The summed E-state index contributed by atoms with van der Waals surface area (Å²) in [6, 6.07) is 0. The molecule has 0 bridgehead atoms. The summed E-state index contributed by atoms with van der Waals surface area (Å²) in [4.78, 5) is 0. The van der Waals surface area contributed by atoms with Crippen molar-refractivity contribution in [3.8, 4) is 0 Å². The third-order valence-electron chi connectivity index (χ3n) is 2.97. The molecule has 0 rings (SSSR count). The van der Waals surface area contributed by atoms with Crippen LogP contribution in [0, 0.1) is 0 Å². The summed E-state index contributed by atoms with van der Waals surface area (Å²) in [7, 11) is 4.65. The average Bonchev–Trinajstić information content (AvgIpc) is 2.11. The molecule has 0 saturated carbocycles. The van der Waals surface area contributed by atoms with Crippen molar-refractivity contribution in [1.82, 2.24) is 0 Å². The highest BCUT2D eigenvalue weighted by atomic mass is 79.9. The van der Waals surface area contributed by atoms with Gasteiger partial charge in [0.15, 0.2) is 0 Å². The molecule has 88 valence electrons. The van der Waals surface area contributed by atoms with E-state index >= 15 is 0 Å². The molecule has 0 aromatic carbocycles. The Bertz CT molecular complexity index is 113. The van der Waals surface area contributed by atoms with Crippen molar-refractivity contribution in [2.45, 2.75) is 52.4 Å². The normalized spacial score (nSPS) is 11.1. The van der Waals surface area contributed by atoms with Crippen LogP contribution in [0.3, 0.4) is 0 Å². The molecule has 0 radical (unpaired) electrons. The van der Waals surface area contributed by atoms with Gasteiger partial charge in [0, 0.05) is 0 Å². The molecule has 0 aromatic heterocycles. The Balaban J connectivity index is 0. The van der Waals surface area contributed by atoms with E-state index in [0.29, 0.717) is 0 Å². The Hall–Kier alpha value is 0.440. The molecule has 0 aliphatic rings. The van der Waals surface area contributed by atoms with Gasteiger partial charge < -0.3 is 21.5 Å². The zero-order valence-corrected chi connectivity index (χ0v) is 12.1. The van der Waals surface area contributed by atoms with Crippen molar-refractivity contribution >= 4 is 0 Å². The van der Waals surface area contributed by atoms with Crippen molar-refractivity contribution in [3.05, 3.63) is 0 Å². The number of halogens is 1. The lowest BCUT2D eigenvalue weighted by Gasteiger charge is -2.28. The lowest BCUT2D eigenvalue weighted by molar-refractivity contribution is -0.888. The second-order valence-corrected chi connectivity index (χ2v) is 4.74. The van der Waals surface area contributed by atoms with Gasteiger partial charge >= 0.3 is 0 Å². The van der Waals surface area contributed by atoms with Gasteiger partial charge in [0.05, 0.1) is 27.2 Å². The van der Waals surface area contributed by atoms with Gasteiger partial charge in [-0.15, -0.1) is 0 Å². The maximum atomic E-state index is 2.33. The standard InChI is InChI=1S/C12H28N.BrH/c1-5-7-8-9-10-11-12-13(3,4)6-2;/h5-12H2,1-4H3;1H/q+1;/p-1. The van der Waals surface area contributed by atoms with E-state index in [-0.39, 0.29) is 17.0 Å². The third-order valence-corrected chi connectivity index (χ3v) is 2.97. The van der Waals surface area contributed by atoms with Crippen LogP contribution in [-0.2, 0) is 0 Å². The Morgan fingerprint density at radius 3 is 1.79 bits per heavy atom. The first-order valence-electron chi connectivity index (χ1n) is 5.94. The number of unbranched alkanes of at least 4 members (excludes halogenated alkanes) is 5. The van der Waals surface area contributed by atoms with E-state index in [4.69, 9.17) is 0 Å². The molecule has 0 aromatic rings. The van der Waals surface area contributed by atoms with Gasteiger partial charge in [-0.2, -0.15) is 0 Å². The minimum absolute atomic E-state index is 0. The first-order chi connectivity index (χ1) is 6.12. The zero-order valence-electron chi connectivity index (χ0n) is 10.5. The number of hydrogen-bond donors (Lipinski definition) is 0. The fourth-order valence-electron chi connectivity index (χ4n) is 1.48. The second-order valence-electron chi connectivity index (χ2n) is 4.74. The topological polar surface area (TPSA) is 0 Å². The van der Waals surface area contributed by atoms with E-state index < -0.39 is 0 Å². The molecule has 0 N–H and O–H groups in total. The monoisotopic (exact) mass is 265 g/mol. The Kier molecular flexibility index (Phi) is 12.0. The van der Waals surface area contributed by atoms with Gasteiger partial charge in [-0.25, -0.2) is 0 Å². The molecule has 0 fully saturated rings. The van der Waals surface area contributed by atoms with Gasteiger partial charge in [-0.1, -0.05) is 32.6 Å². The van der Waals surface area contributed by atoms with Crippen LogP contribution in [0.2, 0.25) is 0 Å². The smallest absolute Gasteiger partial charge is 0.0782 e. The number of rotatable bonds is 8. The molecular weight excluding hydrogens is 238 g/mol. The van der Waals surface area contributed by atoms with Gasteiger partial charge in [0.25, 0.3) is 0 Å². The molecule has 0 amide bonds. The molecule has 14 heavy (non-hydrogen) atoms. The lowest BCUT2D eigenvalue weighted by Crippen LogP contribution is -3.00. The Labute approximate surface area is 101 Å². The predicted octanol–water partition coefficient (Wildman–Crippen LogP) is 0.447. The highest BCUT2D eigenvalue weighted by Gasteiger charge is 2.09. The molecule has 0 unspecified atom stereocenters. The third kappa shape index (κ3) is 10.5. The van der Waals surface area contributed by atoms with E-state index in [1.807, 2.05) is 0 Å². The summed E-state index contributed by atoms with van der Waals surface area (Å²) < 4.78 is 1.19. The van der Waals surface area contributed by atoms with Crippen molar-refractivity contribution in [2.24, 2.45) is 0 Å². The van der Waals surface area contributed by atoms with Gasteiger partial charge in [0.2, 0.25) is 0 Å². The van der Waals surface area contributed by atoms with Gasteiger partial charge in [-0.05, 0) is 19.8 Å². The van der Waals surface area contributed by atoms with Crippen LogP contribution >= 0.6 is 0 Å². The second kappa shape index (κ2) is 9.97. The number of hydrogen-bond acceptors (Lipinski definition) is 0. The molecule has 2 heteroatoms. The van der Waals surface area contributed by atoms with E-state index in [0.717, 1.165) is 0 Å². The molecule has 0 heterocycles. The van der Waals surface area contributed by atoms with Gasteiger partial charge in [-0.3, -0.25) is 0 Å².